The fourth-order valence-electron chi connectivity index (χ4n) is 4.58. The summed E-state index contributed by atoms with van der Waals surface area (Å²) in [6.07, 6.45) is 7.16. The molecule has 0 bridgehead atoms. The molecule has 190 valence electrons. The van der Waals surface area contributed by atoms with Crippen LogP contribution in [0.25, 0.3) is 0 Å². The first-order valence-electron chi connectivity index (χ1n) is 13.1. The highest BCUT2D eigenvalue weighted by molar-refractivity contribution is 5.85. The number of morpholine rings is 1. The second kappa shape index (κ2) is 13.0. The summed E-state index contributed by atoms with van der Waals surface area (Å²) in [5, 5.41) is 17.9. The lowest BCUT2D eigenvalue weighted by Crippen LogP contribution is -2.35. The lowest BCUT2D eigenvalue weighted by Gasteiger charge is -2.27. The van der Waals surface area contributed by atoms with Crippen LogP contribution in [-0.4, -0.2) is 64.6 Å². The molecule has 1 aliphatic carbocycles. The summed E-state index contributed by atoms with van der Waals surface area (Å²) < 4.78 is 5.47. The first-order valence-corrected chi connectivity index (χ1v) is 13.1. The molecule has 8 heteroatoms. The molecule has 1 aromatic heterocycles. The Bertz CT molecular complexity index is 949. The number of benzene rings is 1. The first-order chi connectivity index (χ1) is 17.1. The maximum Gasteiger partial charge on any atom is 0.222 e. The van der Waals surface area contributed by atoms with Crippen molar-refractivity contribution in [3.63, 3.8) is 0 Å². The van der Waals surface area contributed by atoms with Gasteiger partial charge in [-0.1, -0.05) is 37.6 Å². The minimum absolute atomic E-state index is 0.142. The Balaban J connectivity index is 1.52. The molecule has 2 heterocycles. The van der Waals surface area contributed by atoms with Gasteiger partial charge in [0.1, 0.15) is 0 Å². The summed E-state index contributed by atoms with van der Waals surface area (Å²) in [5.41, 5.74) is 8.93. The molecule has 1 aromatic carbocycles. The average Bonchev–Trinajstić information content (AvgIpc) is 2.88. The van der Waals surface area contributed by atoms with Crippen molar-refractivity contribution < 1.29 is 9.84 Å². The lowest BCUT2D eigenvalue weighted by molar-refractivity contribution is 0.0342. The zero-order valence-electron chi connectivity index (χ0n) is 21.2. The highest BCUT2D eigenvalue weighted by Crippen LogP contribution is 2.26. The number of hydrogen-bond donors (Lipinski definition) is 3. The van der Waals surface area contributed by atoms with Crippen LogP contribution < -0.4 is 10.7 Å². The summed E-state index contributed by atoms with van der Waals surface area (Å²) in [7, 11) is 0. The van der Waals surface area contributed by atoms with E-state index >= 15 is 0 Å². The van der Waals surface area contributed by atoms with E-state index in [1.165, 1.54) is 5.56 Å². The van der Waals surface area contributed by atoms with E-state index in [2.05, 4.69) is 51.8 Å². The molecule has 1 saturated carbocycles. The number of unbranched alkanes of at least 4 members (excludes halogenated alkanes) is 1. The van der Waals surface area contributed by atoms with E-state index < -0.39 is 0 Å². The number of aliphatic hydroxyl groups is 1. The number of hydrogen-bond acceptors (Lipinski definition) is 8. The maximum absolute atomic E-state index is 9.84. The second-order valence-corrected chi connectivity index (χ2v) is 9.62. The minimum atomic E-state index is -0.202. The predicted molar refractivity (Wildman–Crippen MR) is 140 cm³/mol. The molecule has 8 nitrogen and oxygen atoms in total. The van der Waals surface area contributed by atoms with Gasteiger partial charge in [0.05, 0.1) is 25.4 Å². The Morgan fingerprint density at radius 3 is 2.60 bits per heavy atom. The van der Waals surface area contributed by atoms with E-state index in [9.17, 15) is 5.11 Å². The highest BCUT2D eigenvalue weighted by Gasteiger charge is 2.20. The highest BCUT2D eigenvalue weighted by atomic mass is 16.5. The normalized spacial score (nSPS) is 19.9. The smallest absolute Gasteiger partial charge is 0.222 e. The van der Waals surface area contributed by atoms with Crippen molar-refractivity contribution in [2.45, 2.75) is 71.1 Å². The lowest BCUT2D eigenvalue weighted by atomic mass is 9.96. The fraction of sp³-hybridized carbons (Fsp3) is 0.593. The van der Waals surface area contributed by atoms with Crippen LogP contribution >= 0.6 is 0 Å². The molecule has 35 heavy (non-hydrogen) atoms. The number of hydrazone groups is 1. The van der Waals surface area contributed by atoms with Gasteiger partial charge in [0, 0.05) is 49.3 Å². The van der Waals surface area contributed by atoms with Crippen molar-refractivity contribution in [1.82, 2.24) is 20.3 Å². The molecule has 4 rings (SSSR count). The standard InChI is InChI=1S/C27H40N6O2/c1-3-4-13-28-27-29-18-25(20(2)30-27)26(32-31-23-9-11-24(34)12-10-23)22-7-5-21(6-8-22)19-33-14-16-35-17-15-33/h5-8,18,24,26,32,34H,3-4,9-17,19H2,1-2H3,(H,28,29,30). The number of nitrogens with zero attached hydrogens (tertiary/aromatic N) is 4. The Labute approximate surface area is 209 Å². The van der Waals surface area contributed by atoms with Gasteiger partial charge >= 0.3 is 0 Å². The van der Waals surface area contributed by atoms with Gasteiger partial charge in [0.25, 0.3) is 0 Å². The monoisotopic (exact) mass is 480 g/mol. The number of rotatable bonds is 10. The topological polar surface area (TPSA) is 94.9 Å². The third-order valence-electron chi connectivity index (χ3n) is 6.85. The van der Waals surface area contributed by atoms with E-state index in [0.717, 1.165) is 100 Å². The van der Waals surface area contributed by atoms with Crippen LogP contribution in [-0.2, 0) is 11.3 Å². The molecule has 2 aliphatic rings. The van der Waals surface area contributed by atoms with E-state index in [-0.39, 0.29) is 12.1 Å². The minimum Gasteiger partial charge on any atom is -0.393 e. The van der Waals surface area contributed by atoms with Gasteiger partial charge in [-0.3, -0.25) is 10.3 Å². The number of aromatic nitrogens is 2. The quantitative estimate of drug-likeness (QED) is 0.352. The molecular formula is C27H40N6O2. The van der Waals surface area contributed by atoms with E-state index in [1.807, 2.05) is 13.1 Å². The molecule has 2 fully saturated rings. The summed E-state index contributed by atoms with van der Waals surface area (Å²) in [5.74, 6) is 0.673. The van der Waals surface area contributed by atoms with Gasteiger partial charge in [0.2, 0.25) is 5.95 Å². The van der Waals surface area contributed by atoms with Crippen LogP contribution in [0.1, 0.15) is 73.9 Å². The third-order valence-corrected chi connectivity index (χ3v) is 6.85. The Morgan fingerprint density at radius 1 is 1.17 bits per heavy atom. The van der Waals surface area contributed by atoms with Crippen LogP contribution in [0.2, 0.25) is 0 Å². The largest absolute Gasteiger partial charge is 0.393 e. The van der Waals surface area contributed by atoms with Gasteiger partial charge < -0.3 is 15.2 Å². The van der Waals surface area contributed by atoms with Crippen molar-refractivity contribution in [2.24, 2.45) is 5.10 Å². The van der Waals surface area contributed by atoms with Gasteiger partial charge in [-0.05, 0) is 50.2 Å². The van der Waals surface area contributed by atoms with Crippen LogP contribution in [0.4, 0.5) is 5.95 Å². The molecule has 1 saturated heterocycles. The number of nitrogens with one attached hydrogen (secondary N) is 2. The van der Waals surface area contributed by atoms with Crippen molar-refractivity contribution in [2.75, 3.05) is 38.2 Å². The van der Waals surface area contributed by atoms with E-state index in [4.69, 9.17) is 14.8 Å². The van der Waals surface area contributed by atoms with Gasteiger partial charge in [0.15, 0.2) is 0 Å². The second-order valence-electron chi connectivity index (χ2n) is 9.62. The summed E-state index contributed by atoms with van der Waals surface area (Å²) >= 11 is 0. The molecule has 0 radical (unpaired) electrons. The van der Waals surface area contributed by atoms with E-state index in [0.29, 0.717) is 5.95 Å². The Kier molecular flexibility index (Phi) is 9.45. The van der Waals surface area contributed by atoms with Crippen molar-refractivity contribution in [3.05, 3.63) is 52.8 Å². The maximum atomic E-state index is 9.84. The summed E-state index contributed by atoms with van der Waals surface area (Å²) in [6, 6.07) is 8.65. The average molecular weight is 481 g/mol. The SMILES string of the molecule is CCCCNc1ncc(C(NN=C2CCC(O)CC2)c2ccc(CN3CCOCC3)cc2)c(C)n1. The number of aryl methyl sites for hydroxylation is 1. The summed E-state index contributed by atoms with van der Waals surface area (Å²) in [6.45, 7) is 9.60. The van der Waals surface area contributed by atoms with Crippen molar-refractivity contribution >= 4 is 11.7 Å². The molecule has 2 aromatic rings. The van der Waals surface area contributed by atoms with Gasteiger partial charge in [-0.25, -0.2) is 9.97 Å². The molecule has 0 amide bonds. The number of anilines is 1. The fourth-order valence-corrected chi connectivity index (χ4v) is 4.58. The predicted octanol–water partition coefficient (Wildman–Crippen LogP) is 3.80. The van der Waals surface area contributed by atoms with E-state index in [1.54, 1.807) is 0 Å². The van der Waals surface area contributed by atoms with Crippen molar-refractivity contribution in [1.29, 1.82) is 0 Å². The Morgan fingerprint density at radius 2 is 1.91 bits per heavy atom. The molecule has 1 unspecified atom stereocenters. The molecule has 3 N–H and O–H groups in total. The zero-order valence-corrected chi connectivity index (χ0v) is 21.2. The van der Waals surface area contributed by atoms with Crippen LogP contribution in [0, 0.1) is 6.92 Å². The van der Waals surface area contributed by atoms with Crippen LogP contribution in [0.15, 0.2) is 35.6 Å². The summed E-state index contributed by atoms with van der Waals surface area (Å²) in [4.78, 5) is 11.8. The van der Waals surface area contributed by atoms with Crippen LogP contribution in [0.3, 0.4) is 0 Å². The van der Waals surface area contributed by atoms with Crippen LogP contribution in [0.5, 0.6) is 0 Å². The molecule has 1 atom stereocenters. The molecular weight excluding hydrogens is 440 g/mol. The Hall–Kier alpha value is -2.55. The van der Waals surface area contributed by atoms with Crippen molar-refractivity contribution in [3.8, 4) is 0 Å². The van der Waals surface area contributed by atoms with Gasteiger partial charge in [-0.15, -0.1) is 0 Å². The number of aliphatic hydroxyl groups excluding tert-OH is 1. The zero-order chi connectivity index (χ0) is 24.5. The van der Waals surface area contributed by atoms with Gasteiger partial charge in [-0.2, -0.15) is 5.10 Å². The first kappa shape index (κ1) is 25.5. The number of ether oxygens (including phenoxy) is 1. The molecule has 1 aliphatic heterocycles. The molecule has 0 spiro atoms. The third kappa shape index (κ3) is 7.46.